The van der Waals surface area contributed by atoms with Crippen LogP contribution >= 0.6 is 0 Å². The molecule has 1 saturated carbocycles. The van der Waals surface area contributed by atoms with Gasteiger partial charge in [0, 0.05) is 6.04 Å². The van der Waals surface area contributed by atoms with Gasteiger partial charge in [-0.15, -0.1) is 0 Å². The molecule has 4 atom stereocenters. The molecule has 0 amide bonds. The van der Waals surface area contributed by atoms with Crippen molar-refractivity contribution in [1.82, 2.24) is 5.32 Å². The zero-order valence-electron chi connectivity index (χ0n) is 18.7. The van der Waals surface area contributed by atoms with Crippen LogP contribution in [0.1, 0.15) is 96.8 Å². The van der Waals surface area contributed by atoms with E-state index in [1.165, 1.54) is 83.5 Å². The number of hydrogen-bond donors (Lipinski definition) is 4. The van der Waals surface area contributed by atoms with Gasteiger partial charge in [0.1, 0.15) is 0 Å². The zero-order chi connectivity index (χ0) is 20.5. The third-order valence-corrected chi connectivity index (χ3v) is 6.38. The molecular formula is C23H50N4O. The second-order valence-electron chi connectivity index (χ2n) is 8.65. The monoisotopic (exact) mass is 398 g/mol. The van der Waals surface area contributed by atoms with Crippen molar-refractivity contribution in [2.24, 2.45) is 23.3 Å². The van der Waals surface area contributed by atoms with E-state index in [2.05, 4.69) is 24.6 Å². The Morgan fingerprint density at radius 1 is 0.821 bits per heavy atom. The van der Waals surface area contributed by atoms with E-state index in [0.29, 0.717) is 12.0 Å². The normalized spacial score (nSPS) is 22.5. The molecule has 0 heterocycles. The molecule has 1 rings (SSSR count). The van der Waals surface area contributed by atoms with Gasteiger partial charge in [-0.1, -0.05) is 64.2 Å². The van der Waals surface area contributed by atoms with Gasteiger partial charge in [0.2, 0.25) is 0 Å². The van der Waals surface area contributed by atoms with Crippen molar-refractivity contribution in [3.63, 3.8) is 0 Å². The lowest BCUT2D eigenvalue weighted by molar-refractivity contribution is -0.701. The largest absolute Gasteiger partial charge is 0.330 e. The smallest absolute Gasteiger partial charge is 0.0131 e. The van der Waals surface area contributed by atoms with Gasteiger partial charge in [0.05, 0.1) is 0 Å². The number of hydrogen-bond acceptors (Lipinski definition) is 4. The zero-order valence-corrected chi connectivity index (χ0v) is 18.7. The summed E-state index contributed by atoms with van der Waals surface area (Å²) >= 11 is 0. The van der Waals surface area contributed by atoms with Crippen LogP contribution in [0.5, 0.6) is 0 Å². The highest BCUT2D eigenvalue weighted by molar-refractivity contribution is 5.08. The Balaban J connectivity index is 1.99. The number of unbranched alkanes of at least 4 members (excludes halogenated alkanes) is 11. The molecule has 0 aromatic rings. The maximum Gasteiger partial charge on any atom is 0.0131 e. The fourth-order valence-electron chi connectivity index (χ4n) is 4.59. The molecular weight excluding hydrogens is 348 g/mol. The van der Waals surface area contributed by atoms with Crippen molar-refractivity contribution >= 4 is 0 Å². The molecule has 0 saturated heterocycles. The van der Waals surface area contributed by atoms with E-state index in [9.17, 15) is 0 Å². The molecule has 1 aliphatic carbocycles. The van der Waals surface area contributed by atoms with Crippen molar-refractivity contribution in [3.05, 3.63) is 6.42 Å². The molecule has 1 aliphatic rings. The summed E-state index contributed by atoms with van der Waals surface area (Å²) in [5.74, 6) is 5.01. The van der Waals surface area contributed by atoms with Crippen molar-refractivity contribution in [3.8, 4) is 0 Å². The van der Waals surface area contributed by atoms with Crippen LogP contribution in [0.4, 0.5) is 0 Å². The first-order chi connectivity index (χ1) is 13.8. The molecule has 0 aromatic carbocycles. The minimum absolute atomic E-state index is 0.190. The topological polar surface area (TPSA) is 101 Å². The van der Waals surface area contributed by atoms with Crippen LogP contribution in [0.15, 0.2) is 0 Å². The van der Waals surface area contributed by atoms with Crippen LogP contribution in [-0.4, -0.2) is 31.8 Å². The number of rotatable bonds is 21. The second kappa shape index (κ2) is 17.6. The fraction of sp³-hybridized carbons (Fsp3) is 0.957. The molecule has 0 aromatic heterocycles. The Hall–Kier alpha value is -0.200. The lowest BCUT2D eigenvalue weighted by Crippen LogP contribution is -2.53. The first-order valence-corrected chi connectivity index (χ1v) is 12.1. The first kappa shape index (κ1) is 25.8. The highest BCUT2D eigenvalue weighted by atomic mass is 16.6. The standard InChI is InChI=1S/C23H50N4O/c1-2-21(28-26)22-20(16-12-14-18-25)23(22)27-19-15-11-9-7-5-3-4-6-8-10-13-17-24/h2,20-23,27H,3-19,24-25H2,1,26H3. The predicted molar refractivity (Wildman–Crippen MR) is 119 cm³/mol. The van der Waals surface area contributed by atoms with E-state index in [4.69, 9.17) is 16.3 Å². The maximum atomic E-state index is 5.65. The van der Waals surface area contributed by atoms with Gasteiger partial charge in [0.25, 0.3) is 0 Å². The average Bonchev–Trinajstić information content (AvgIpc) is 3.39. The van der Waals surface area contributed by atoms with Crippen LogP contribution in [0.3, 0.4) is 0 Å². The van der Waals surface area contributed by atoms with Crippen LogP contribution in [0.2, 0.25) is 0 Å². The van der Waals surface area contributed by atoms with Crippen LogP contribution in [0.25, 0.3) is 0 Å². The third kappa shape index (κ3) is 11.1. The van der Waals surface area contributed by atoms with E-state index >= 15 is 0 Å². The summed E-state index contributed by atoms with van der Waals surface area (Å²) in [7, 11) is 0. The van der Waals surface area contributed by atoms with Gasteiger partial charge in [-0.25, -0.2) is 10.7 Å². The van der Waals surface area contributed by atoms with Crippen LogP contribution < -0.4 is 22.7 Å². The molecule has 0 radical (unpaired) electrons. The number of quaternary nitrogens is 1. The van der Waals surface area contributed by atoms with Gasteiger partial charge in [-0.3, -0.25) is 6.42 Å². The van der Waals surface area contributed by atoms with Gasteiger partial charge in [-0.2, -0.15) is 6.92 Å². The van der Waals surface area contributed by atoms with Gasteiger partial charge in [-0.05, 0) is 63.3 Å². The van der Waals surface area contributed by atoms with Crippen LogP contribution in [-0.2, 0) is 4.84 Å². The van der Waals surface area contributed by atoms with Crippen molar-refractivity contribution < 1.29 is 10.7 Å². The summed E-state index contributed by atoms with van der Waals surface area (Å²) in [6, 6.07) is 0.611. The maximum absolute atomic E-state index is 5.65. The van der Waals surface area contributed by atoms with Crippen molar-refractivity contribution in [2.45, 2.75) is 109 Å². The SMILES string of the molecule is C[CH-]C(O[NH3+])C1C(CCCCN)C1NCCCCCCCCCCCCCN. The summed E-state index contributed by atoms with van der Waals surface area (Å²) < 4.78 is 0. The van der Waals surface area contributed by atoms with Gasteiger partial charge in [0.15, 0.2) is 0 Å². The van der Waals surface area contributed by atoms with Crippen LogP contribution in [0, 0.1) is 18.3 Å². The number of nitrogens with two attached hydrogens (primary N) is 2. The molecule has 4 unspecified atom stereocenters. The molecule has 8 N–H and O–H groups in total. The molecule has 0 aliphatic heterocycles. The Bertz CT molecular complexity index is 339. The molecule has 0 spiro atoms. The van der Waals surface area contributed by atoms with E-state index in [1.54, 1.807) is 0 Å². The van der Waals surface area contributed by atoms with Crippen molar-refractivity contribution in [2.75, 3.05) is 19.6 Å². The van der Waals surface area contributed by atoms with Crippen molar-refractivity contribution in [1.29, 1.82) is 0 Å². The minimum Gasteiger partial charge on any atom is -0.330 e. The molecule has 0 bridgehead atoms. The quantitative estimate of drug-likeness (QED) is 0.135. The summed E-state index contributed by atoms with van der Waals surface area (Å²) in [6.45, 7) is 4.89. The summed E-state index contributed by atoms with van der Waals surface area (Å²) in [5, 5.41) is 3.80. The second-order valence-corrected chi connectivity index (χ2v) is 8.65. The Kier molecular flexibility index (Phi) is 16.3. The summed E-state index contributed by atoms with van der Waals surface area (Å²) in [6.07, 6.45) is 20.9. The Labute approximate surface area is 174 Å². The minimum atomic E-state index is 0.190. The molecule has 5 heteroatoms. The Morgan fingerprint density at radius 2 is 1.32 bits per heavy atom. The van der Waals surface area contributed by atoms with E-state index in [0.717, 1.165) is 32.0 Å². The molecule has 168 valence electrons. The predicted octanol–water partition coefficient (Wildman–Crippen LogP) is 3.34. The van der Waals surface area contributed by atoms with Gasteiger partial charge < -0.3 is 16.8 Å². The molecule has 5 nitrogen and oxygen atoms in total. The summed E-state index contributed by atoms with van der Waals surface area (Å²) in [4.78, 5) is 5.43. The highest BCUT2D eigenvalue weighted by Gasteiger charge is 2.50. The summed E-state index contributed by atoms with van der Waals surface area (Å²) in [5.41, 5.74) is 11.2. The molecule has 28 heavy (non-hydrogen) atoms. The molecule has 1 fully saturated rings. The third-order valence-electron chi connectivity index (χ3n) is 6.38. The van der Waals surface area contributed by atoms with E-state index < -0.39 is 0 Å². The van der Waals surface area contributed by atoms with E-state index in [1.807, 2.05) is 0 Å². The first-order valence-electron chi connectivity index (χ1n) is 12.1. The van der Waals surface area contributed by atoms with E-state index in [-0.39, 0.29) is 6.10 Å². The Morgan fingerprint density at radius 3 is 1.82 bits per heavy atom. The lowest BCUT2D eigenvalue weighted by atomic mass is 10.1. The lowest BCUT2D eigenvalue weighted by Gasteiger charge is -2.18. The van der Waals surface area contributed by atoms with Gasteiger partial charge >= 0.3 is 0 Å². The number of nitrogens with one attached hydrogen (secondary N) is 1. The fourth-order valence-corrected chi connectivity index (χ4v) is 4.59. The highest BCUT2D eigenvalue weighted by Crippen LogP contribution is 2.46. The average molecular weight is 399 g/mol.